The summed E-state index contributed by atoms with van der Waals surface area (Å²) in [5.41, 5.74) is 1.08. The van der Waals surface area contributed by atoms with E-state index in [4.69, 9.17) is 16.3 Å². The molecule has 0 aliphatic heterocycles. The first-order chi connectivity index (χ1) is 9.02. The molecular weight excluding hydrogens is 286 g/mol. The summed E-state index contributed by atoms with van der Waals surface area (Å²) >= 11 is 7.24. The van der Waals surface area contributed by atoms with Crippen molar-refractivity contribution >= 4 is 28.9 Å². The Morgan fingerprint density at radius 2 is 2.26 bits per heavy atom. The summed E-state index contributed by atoms with van der Waals surface area (Å²) in [5.74, 6) is -0.406. The first-order valence-electron chi connectivity index (χ1n) is 5.66. The zero-order valence-corrected chi connectivity index (χ0v) is 12.0. The largest absolute Gasteiger partial charge is 0.506 e. The fourth-order valence-corrected chi connectivity index (χ4v) is 2.63. The molecule has 0 aliphatic rings. The highest BCUT2D eigenvalue weighted by atomic mass is 35.5. The first kappa shape index (κ1) is 13.8. The number of aromatic nitrogens is 1. The summed E-state index contributed by atoms with van der Waals surface area (Å²) in [7, 11) is 0. The van der Waals surface area contributed by atoms with Crippen LogP contribution < -0.4 is 0 Å². The monoisotopic (exact) mass is 297 g/mol. The molecule has 1 aromatic heterocycles. The number of phenols is 1. The minimum atomic E-state index is -0.424. The van der Waals surface area contributed by atoms with Gasteiger partial charge in [0.15, 0.2) is 5.69 Å². The molecule has 0 spiro atoms. The molecule has 0 saturated carbocycles. The second-order valence-electron chi connectivity index (χ2n) is 3.81. The molecular formula is C13H12ClNO3S. The zero-order chi connectivity index (χ0) is 14.0. The molecule has 100 valence electrons. The van der Waals surface area contributed by atoms with E-state index in [1.165, 1.54) is 17.4 Å². The average molecular weight is 298 g/mol. The highest BCUT2D eigenvalue weighted by Crippen LogP contribution is 2.32. The lowest BCUT2D eigenvalue weighted by molar-refractivity contribution is 0.0519. The molecule has 6 heteroatoms. The zero-order valence-electron chi connectivity index (χ0n) is 10.4. The number of benzene rings is 1. The van der Waals surface area contributed by atoms with Crippen molar-refractivity contribution in [3.63, 3.8) is 0 Å². The van der Waals surface area contributed by atoms with Crippen molar-refractivity contribution in [2.75, 3.05) is 6.61 Å². The molecule has 0 bridgehead atoms. The van der Waals surface area contributed by atoms with E-state index in [-0.39, 0.29) is 10.8 Å². The van der Waals surface area contributed by atoms with Gasteiger partial charge < -0.3 is 9.84 Å². The maximum absolute atomic E-state index is 11.7. The highest BCUT2D eigenvalue weighted by molar-refractivity contribution is 7.15. The fraction of sp³-hybridized carbons (Fsp3) is 0.231. The molecule has 0 unspecified atom stereocenters. The van der Waals surface area contributed by atoms with Crippen LogP contribution >= 0.6 is 22.9 Å². The Morgan fingerprint density at radius 3 is 2.89 bits per heavy atom. The topological polar surface area (TPSA) is 59.4 Å². The SMILES string of the molecule is CCOC(=O)c1nc(-c2ccc(O)c(Cl)c2)sc1C. The average Bonchev–Trinajstić information content (AvgIpc) is 2.75. The molecule has 19 heavy (non-hydrogen) atoms. The van der Waals surface area contributed by atoms with Crippen molar-refractivity contribution in [1.82, 2.24) is 4.98 Å². The number of halogens is 1. The highest BCUT2D eigenvalue weighted by Gasteiger charge is 2.17. The fourth-order valence-electron chi connectivity index (χ4n) is 1.55. The molecule has 0 atom stereocenters. The number of carbonyl (C=O) groups is 1. The Kier molecular flexibility index (Phi) is 4.07. The third kappa shape index (κ3) is 2.88. The van der Waals surface area contributed by atoms with Crippen molar-refractivity contribution in [2.45, 2.75) is 13.8 Å². The van der Waals surface area contributed by atoms with Crippen molar-refractivity contribution in [3.05, 3.63) is 33.8 Å². The molecule has 1 N–H and O–H groups in total. The Morgan fingerprint density at radius 1 is 1.53 bits per heavy atom. The maximum atomic E-state index is 11.7. The standard InChI is InChI=1S/C13H12ClNO3S/c1-3-18-13(17)11-7(2)19-12(15-11)8-4-5-10(16)9(14)6-8/h4-6,16H,3H2,1-2H3. The number of ether oxygens (including phenoxy) is 1. The van der Waals surface area contributed by atoms with Crippen LogP contribution in [0.25, 0.3) is 10.6 Å². The van der Waals surface area contributed by atoms with Crippen LogP contribution in [0.4, 0.5) is 0 Å². The van der Waals surface area contributed by atoms with Crippen LogP contribution in [0.15, 0.2) is 18.2 Å². The second-order valence-corrected chi connectivity index (χ2v) is 5.42. The van der Waals surface area contributed by atoms with E-state index in [9.17, 15) is 9.90 Å². The number of rotatable bonds is 3. The molecule has 0 aliphatic carbocycles. The van der Waals surface area contributed by atoms with Crippen molar-refractivity contribution < 1.29 is 14.6 Å². The lowest BCUT2D eigenvalue weighted by Gasteiger charge is -1.99. The lowest BCUT2D eigenvalue weighted by Crippen LogP contribution is -2.06. The number of esters is 1. The van der Waals surface area contributed by atoms with Crippen LogP contribution in [0.1, 0.15) is 22.3 Å². The van der Waals surface area contributed by atoms with E-state index in [0.717, 1.165) is 10.4 Å². The molecule has 2 rings (SSSR count). The van der Waals surface area contributed by atoms with E-state index < -0.39 is 5.97 Å². The third-order valence-electron chi connectivity index (χ3n) is 2.46. The van der Waals surface area contributed by atoms with Crippen molar-refractivity contribution in [3.8, 4) is 16.3 Å². The molecule has 0 saturated heterocycles. The van der Waals surface area contributed by atoms with Crippen LogP contribution in [0.5, 0.6) is 5.75 Å². The lowest BCUT2D eigenvalue weighted by atomic mass is 10.2. The molecule has 0 radical (unpaired) electrons. The van der Waals surface area contributed by atoms with Crippen LogP contribution in [0.2, 0.25) is 5.02 Å². The third-order valence-corrected chi connectivity index (χ3v) is 3.78. The minimum absolute atomic E-state index is 0.0179. The van der Waals surface area contributed by atoms with Gasteiger partial charge in [-0.05, 0) is 32.0 Å². The van der Waals surface area contributed by atoms with E-state index in [1.54, 1.807) is 19.1 Å². The molecule has 0 amide bonds. The Bertz CT molecular complexity index is 624. The van der Waals surface area contributed by atoms with Gasteiger partial charge in [0.1, 0.15) is 10.8 Å². The number of aryl methyl sites for hydroxylation is 1. The molecule has 1 heterocycles. The van der Waals surface area contributed by atoms with E-state index in [0.29, 0.717) is 17.3 Å². The van der Waals surface area contributed by atoms with Gasteiger partial charge in [-0.15, -0.1) is 11.3 Å². The summed E-state index contributed by atoms with van der Waals surface area (Å²) in [6, 6.07) is 4.82. The predicted molar refractivity (Wildman–Crippen MR) is 74.9 cm³/mol. The normalized spacial score (nSPS) is 10.5. The van der Waals surface area contributed by atoms with E-state index in [1.807, 2.05) is 6.92 Å². The number of hydrogen-bond acceptors (Lipinski definition) is 5. The van der Waals surface area contributed by atoms with E-state index in [2.05, 4.69) is 4.98 Å². The first-order valence-corrected chi connectivity index (χ1v) is 6.85. The quantitative estimate of drug-likeness (QED) is 0.878. The summed E-state index contributed by atoms with van der Waals surface area (Å²) in [4.78, 5) is 16.7. The van der Waals surface area contributed by atoms with Crippen molar-refractivity contribution in [1.29, 1.82) is 0 Å². The Balaban J connectivity index is 2.38. The van der Waals surface area contributed by atoms with Crippen molar-refractivity contribution in [2.24, 2.45) is 0 Å². The van der Waals surface area contributed by atoms with Gasteiger partial charge in [-0.2, -0.15) is 0 Å². The van der Waals surface area contributed by atoms with Crippen LogP contribution in [0.3, 0.4) is 0 Å². The number of phenolic OH excluding ortho intramolecular Hbond substituents is 1. The van der Waals surface area contributed by atoms with Gasteiger partial charge >= 0.3 is 5.97 Å². The number of carbonyl (C=O) groups excluding carboxylic acids is 1. The number of thiazole rings is 1. The Hall–Kier alpha value is -1.59. The van der Waals surface area contributed by atoms with Gasteiger partial charge in [-0.25, -0.2) is 9.78 Å². The maximum Gasteiger partial charge on any atom is 0.358 e. The summed E-state index contributed by atoms with van der Waals surface area (Å²) in [5, 5.41) is 10.3. The van der Waals surface area contributed by atoms with E-state index >= 15 is 0 Å². The van der Waals surface area contributed by atoms with Gasteiger partial charge in [0.25, 0.3) is 0 Å². The van der Waals surface area contributed by atoms with Gasteiger partial charge in [-0.3, -0.25) is 0 Å². The molecule has 2 aromatic rings. The van der Waals surface area contributed by atoms with Gasteiger partial charge in [0.2, 0.25) is 0 Å². The van der Waals surface area contributed by atoms with Gasteiger partial charge in [0, 0.05) is 10.4 Å². The number of nitrogens with zero attached hydrogens (tertiary/aromatic N) is 1. The van der Waals surface area contributed by atoms with Crippen LogP contribution in [0, 0.1) is 6.92 Å². The van der Waals surface area contributed by atoms with Gasteiger partial charge in [-0.1, -0.05) is 11.6 Å². The summed E-state index contributed by atoms with van der Waals surface area (Å²) in [6.45, 7) is 3.88. The molecule has 4 nitrogen and oxygen atoms in total. The smallest absolute Gasteiger partial charge is 0.358 e. The number of hydrogen-bond donors (Lipinski definition) is 1. The summed E-state index contributed by atoms with van der Waals surface area (Å²) < 4.78 is 4.94. The van der Waals surface area contributed by atoms with Crippen LogP contribution in [-0.2, 0) is 4.74 Å². The van der Waals surface area contributed by atoms with Crippen LogP contribution in [-0.4, -0.2) is 22.7 Å². The Labute approximate surface area is 119 Å². The summed E-state index contributed by atoms with van der Waals surface area (Å²) in [6.07, 6.45) is 0. The second kappa shape index (κ2) is 5.59. The molecule has 1 aromatic carbocycles. The predicted octanol–water partition coefficient (Wildman–Crippen LogP) is 3.65. The molecule has 0 fully saturated rings. The van der Waals surface area contributed by atoms with Gasteiger partial charge in [0.05, 0.1) is 11.6 Å². The number of aromatic hydroxyl groups is 1. The minimum Gasteiger partial charge on any atom is -0.506 e.